The molecule has 3 heterocycles. The Morgan fingerprint density at radius 2 is 2.16 bits per heavy atom. The minimum absolute atomic E-state index is 0.0811. The Bertz CT molecular complexity index is 1110. The third kappa shape index (κ3) is 2.68. The van der Waals surface area contributed by atoms with E-state index in [2.05, 4.69) is 15.1 Å². The first kappa shape index (κ1) is 14.8. The van der Waals surface area contributed by atoms with E-state index in [9.17, 15) is 4.39 Å². The standard InChI is InChI=1S/C17H11FN6O/c18-12-5-10(7-19)4-11(6-12)9-24-16-13(8-21-24)15(22-17(20)23-16)14-2-1-3-25-14/h1-6,8H,9H2,(H2,20,22,23). The Kier molecular flexibility index (Phi) is 3.40. The zero-order valence-corrected chi connectivity index (χ0v) is 12.8. The fourth-order valence-electron chi connectivity index (χ4n) is 2.67. The largest absolute Gasteiger partial charge is 0.463 e. The average molecular weight is 334 g/mol. The van der Waals surface area contributed by atoms with Crippen molar-refractivity contribution < 1.29 is 8.81 Å². The molecule has 0 aliphatic carbocycles. The molecule has 0 aliphatic heterocycles. The molecule has 0 radical (unpaired) electrons. The smallest absolute Gasteiger partial charge is 0.222 e. The Hall–Kier alpha value is -3.73. The number of anilines is 1. The van der Waals surface area contributed by atoms with Gasteiger partial charge in [0.15, 0.2) is 11.4 Å². The van der Waals surface area contributed by atoms with Crippen LogP contribution in [0.3, 0.4) is 0 Å². The summed E-state index contributed by atoms with van der Waals surface area (Å²) in [5.74, 6) is 0.157. The van der Waals surface area contributed by atoms with E-state index in [-0.39, 0.29) is 18.1 Å². The summed E-state index contributed by atoms with van der Waals surface area (Å²) in [7, 11) is 0. The van der Waals surface area contributed by atoms with Gasteiger partial charge >= 0.3 is 0 Å². The quantitative estimate of drug-likeness (QED) is 0.617. The second-order valence-corrected chi connectivity index (χ2v) is 5.41. The van der Waals surface area contributed by atoms with Crippen LogP contribution in [0, 0.1) is 17.1 Å². The fourth-order valence-corrected chi connectivity index (χ4v) is 2.67. The van der Waals surface area contributed by atoms with Gasteiger partial charge in [-0.1, -0.05) is 0 Å². The number of hydrogen-bond acceptors (Lipinski definition) is 6. The molecule has 2 N–H and O–H groups in total. The predicted octanol–water partition coefficient (Wildman–Crippen LogP) is 2.73. The molecule has 7 nitrogen and oxygen atoms in total. The van der Waals surface area contributed by atoms with Crippen LogP contribution in [-0.4, -0.2) is 19.7 Å². The molecule has 0 aliphatic rings. The van der Waals surface area contributed by atoms with Crippen molar-refractivity contribution in [2.24, 2.45) is 0 Å². The molecule has 0 fully saturated rings. The van der Waals surface area contributed by atoms with Crippen molar-refractivity contribution in [3.8, 4) is 17.5 Å². The van der Waals surface area contributed by atoms with Gasteiger partial charge in [0.2, 0.25) is 5.95 Å². The van der Waals surface area contributed by atoms with Gasteiger partial charge in [0.1, 0.15) is 11.5 Å². The summed E-state index contributed by atoms with van der Waals surface area (Å²) in [5.41, 5.74) is 7.70. The number of nitriles is 1. The lowest BCUT2D eigenvalue weighted by Gasteiger charge is -2.06. The van der Waals surface area contributed by atoms with Crippen LogP contribution in [0.15, 0.2) is 47.2 Å². The number of halogens is 1. The van der Waals surface area contributed by atoms with Crippen LogP contribution in [0.25, 0.3) is 22.5 Å². The summed E-state index contributed by atoms with van der Waals surface area (Å²) in [6.07, 6.45) is 3.15. The highest BCUT2D eigenvalue weighted by molar-refractivity contribution is 5.89. The summed E-state index contributed by atoms with van der Waals surface area (Å²) in [4.78, 5) is 8.46. The molecule has 0 unspecified atom stereocenters. The lowest BCUT2D eigenvalue weighted by atomic mass is 10.1. The van der Waals surface area contributed by atoms with Crippen LogP contribution >= 0.6 is 0 Å². The molecule has 0 amide bonds. The fraction of sp³-hybridized carbons (Fsp3) is 0.0588. The Balaban J connectivity index is 1.82. The maximum atomic E-state index is 13.6. The topological polar surface area (TPSA) is 107 Å². The number of nitrogens with two attached hydrogens (primary N) is 1. The minimum Gasteiger partial charge on any atom is -0.463 e. The van der Waals surface area contributed by atoms with Crippen molar-refractivity contribution in [2.45, 2.75) is 6.54 Å². The van der Waals surface area contributed by atoms with E-state index in [1.165, 1.54) is 12.1 Å². The van der Waals surface area contributed by atoms with Crippen LogP contribution in [-0.2, 0) is 6.54 Å². The molecule has 1 aromatic carbocycles. The van der Waals surface area contributed by atoms with Gasteiger partial charge in [-0.05, 0) is 35.9 Å². The molecule has 0 saturated heterocycles. The molecule has 0 saturated carbocycles. The molecular weight excluding hydrogens is 323 g/mol. The maximum Gasteiger partial charge on any atom is 0.222 e. The van der Waals surface area contributed by atoms with Crippen molar-refractivity contribution in [1.29, 1.82) is 5.26 Å². The second kappa shape index (κ2) is 5.72. The molecular formula is C17H11FN6O. The number of fused-ring (bicyclic) bond motifs is 1. The molecule has 3 aromatic heterocycles. The lowest BCUT2D eigenvalue weighted by Crippen LogP contribution is -2.05. The molecule has 4 aromatic rings. The molecule has 0 bridgehead atoms. The number of nitrogen functional groups attached to an aromatic ring is 1. The van der Waals surface area contributed by atoms with Gasteiger partial charge in [-0.15, -0.1) is 0 Å². The summed E-state index contributed by atoms with van der Waals surface area (Å²) < 4.78 is 20.6. The molecule has 0 atom stereocenters. The van der Waals surface area contributed by atoms with Gasteiger partial charge in [-0.2, -0.15) is 15.3 Å². The molecule has 4 rings (SSSR count). The Morgan fingerprint density at radius 1 is 1.28 bits per heavy atom. The number of nitrogens with zero attached hydrogens (tertiary/aromatic N) is 5. The van der Waals surface area contributed by atoms with E-state index in [1.807, 2.05) is 6.07 Å². The SMILES string of the molecule is N#Cc1cc(F)cc(Cn2ncc3c(-c4ccco4)nc(N)nc32)c1. The first-order chi connectivity index (χ1) is 12.1. The van der Waals surface area contributed by atoms with Gasteiger partial charge in [0.25, 0.3) is 0 Å². The van der Waals surface area contributed by atoms with Crippen LogP contribution in [0.5, 0.6) is 0 Å². The highest BCUT2D eigenvalue weighted by Crippen LogP contribution is 2.27. The molecule has 122 valence electrons. The van der Waals surface area contributed by atoms with Gasteiger partial charge in [0.05, 0.1) is 36.0 Å². The van der Waals surface area contributed by atoms with E-state index in [1.54, 1.807) is 35.3 Å². The van der Waals surface area contributed by atoms with Crippen LogP contribution in [0.1, 0.15) is 11.1 Å². The summed E-state index contributed by atoms with van der Waals surface area (Å²) in [6, 6.07) is 9.59. The number of rotatable bonds is 3. The van der Waals surface area contributed by atoms with Crippen LogP contribution < -0.4 is 5.73 Å². The lowest BCUT2D eigenvalue weighted by molar-refractivity contribution is 0.580. The zero-order chi connectivity index (χ0) is 17.4. The molecule has 25 heavy (non-hydrogen) atoms. The van der Waals surface area contributed by atoms with Gasteiger partial charge in [-0.3, -0.25) is 0 Å². The van der Waals surface area contributed by atoms with Crippen molar-refractivity contribution in [3.63, 3.8) is 0 Å². The molecule has 8 heteroatoms. The van der Waals surface area contributed by atoms with Crippen molar-refractivity contribution in [3.05, 3.63) is 59.7 Å². The van der Waals surface area contributed by atoms with Crippen LogP contribution in [0.4, 0.5) is 10.3 Å². The Morgan fingerprint density at radius 3 is 2.92 bits per heavy atom. The van der Waals surface area contributed by atoms with E-state index in [0.29, 0.717) is 28.1 Å². The normalized spacial score (nSPS) is 10.9. The zero-order valence-electron chi connectivity index (χ0n) is 12.8. The van der Waals surface area contributed by atoms with Crippen molar-refractivity contribution in [1.82, 2.24) is 19.7 Å². The summed E-state index contributed by atoms with van der Waals surface area (Å²) in [5, 5.41) is 13.9. The third-order valence-electron chi connectivity index (χ3n) is 3.69. The summed E-state index contributed by atoms with van der Waals surface area (Å²) in [6.45, 7) is 0.240. The first-order valence-corrected chi connectivity index (χ1v) is 7.36. The third-order valence-corrected chi connectivity index (χ3v) is 3.69. The average Bonchev–Trinajstić information content (AvgIpc) is 3.24. The number of furan rings is 1. The molecule has 0 spiro atoms. The highest BCUT2D eigenvalue weighted by atomic mass is 19.1. The van der Waals surface area contributed by atoms with Gasteiger partial charge < -0.3 is 10.2 Å². The van der Waals surface area contributed by atoms with Crippen molar-refractivity contribution >= 4 is 17.0 Å². The Labute approximate surface area is 141 Å². The number of aromatic nitrogens is 4. The highest BCUT2D eigenvalue weighted by Gasteiger charge is 2.15. The van der Waals surface area contributed by atoms with Crippen molar-refractivity contribution in [2.75, 3.05) is 5.73 Å². The van der Waals surface area contributed by atoms with E-state index in [4.69, 9.17) is 15.4 Å². The first-order valence-electron chi connectivity index (χ1n) is 7.36. The number of benzene rings is 1. The maximum absolute atomic E-state index is 13.6. The number of hydrogen-bond donors (Lipinski definition) is 1. The van der Waals surface area contributed by atoms with Gasteiger partial charge in [-0.25, -0.2) is 14.1 Å². The van der Waals surface area contributed by atoms with E-state index >= 15 is 0 Å². The second-order valence-electron chi connectivity index (χ2n) is 5.41. The monoisotopic (exact) mass is 334 g/mol. The summed E-state index contributed by atoms with van der Waals surface area (Å²) >= 11 is 0. The van der Waals surface area contributed by atoms with Crippen LogP contribution in [0.2, 0.25) is 0 Å². The van der Waals surface area contributed by atoms with E-state index < -0.39 is 5.82 Å². The van der Waals surface area contributed by atoms with Gasteiger partial charge in [0, 0.05) is 0 Å². The van der Waals surface area contributed by atoms with E-state index in [0.717, 1.165) is 0 Å². The predicted molar refractivity (Wildman–Crippen MR) is 87.7 cm³/mol. The minimum atomic E-state index is -0.476.